The van der Waals surface area contributed by atoms with E-state index in [2.05, 4.69) is 4.98 Å². The minimum absolute atomic E-state index is 0.0602. The number of aromatic nitrogens is 2. The molecule has 1 heterocycles. The predicted octanol–water partition coefficient (Wildman–Crippen LogP) is 1.73. The summed E-state index contributed by atoms with van der Waals surface area (Å²) in [4.78, 5) is 14.8. The van der Waals surface area contributed by atoms with Gasteiger partial charge in [-0.25, -0.2) is 4.39 Å². The summed E-state index contributed by atoms with van der Waals surface area (Å²) in [6.07, 6.45) is 1.24. The van der Waals surface area contributed by atoms with Gasteiger partial charge in [0.25, 0.3) is 5.56 Å². The van der Waals surface area contributed by atoms with E-state index >= 15 is 0 Å². The van der Waals surface area contributed by atoms with Crippen molar-refractivity contribution in [2.45, 2.75) is 6.00 Å². The molecule has 0 unspecified atom stereocenters. The third-order valence-corrected chi connectivity index (χ3v) is 2.21. The highest BCUT2D eigenvalue weighted by Crippen LogP contribution is 2.13. The molecule has 5 heteroatoms. The molecule has 0 aliphatic carbocycles. The van der Waals surface area contributed by atoms with Crippen LogP contribution in [0.1, 0.15) is 0 Å². The zero-order chi connectivity index (χ0) is 10.1. The lowest BCUT2D eigenvalue weighted by atomic mass is 10.2. The summed E-state index contributed by atoms with van der Waals surface area (Å²) in [6, 6.07) is 4.34. The first kappa shape index (κ1) is 9.15. The molecule has 1 aromatic carbocycles. The second-order valence-corrected chi connectivity index (χ2v) is 3.01. The highest BCUT2D eigenvalue weighted by atomic mass is 35.5. The van der Waals surface area contributed by atoms with Crippen molar-refractivity contribution in [3.05, 3.63) is 40.7 Å². The fourth-order valence-corrected chi connectivity index (χ4v) is 1.50. The maximum absolute atomic E-state index is 13.4. The Labute approximate surface area is 83.8 Å². The monoisotopic (exact) mass is 212 g/mol. The lowest BCUT2D eigenvalue weighted by Crippen LogP contribution is -2.12. The average molecular weight is 213 g/mol. The van der Waals surface area contributed by atoms with E-state index in [1.165, 1.54) is 29.1 Å². The highest BCUT2D eigenvalue weighted by molar-refractivity contribution is 6.15. The molecular weight excluding hydrogens is 207 g/mol. The van der Waals surface area contributed by atoms with E-state index in [1.54, 1.807) is 0 Å². The lowest BCUT2D eigenvalue weighted by molar-refractivity contribution is 0.628. The van der Waals surface area contributed by atoms with Crippen molar-refractivity contribution in [1.29, 1.82) is 0 Å². The van der Waals surface area contributed by atoms with E-state index in [9.17, 15) is 9.18 Å². The van der Waals surface area contributed by atoms with Crippen molar-refractivity contribution in [2.75, 3.05) is 0 Å². The molecule has 0 bridgehead atoms. The summed E-state index contributed by atoms with van der Waals surface area (Å²) in [5.74, 6) is -0.470. The highest BCUT2D eigenvalue weighted by Gasteiger charge is 2.07. The third kappa shape index (κ3) is 1.28. The molecule has 72 valence electrons. The molecule has 0 atom stereocenters. The Morgan fingerprint density at radius 2 is 2.29 bits per heavy atom. The van der Waals surface area contributed by atoms with Crippen LogP contribution in [-0.4, -0.2) is 9.55 Å². The van der Waals surface area contributed by atoms with E-state index < -0.39 is 11.4 Å². The minimum atomic E-state index is -0.470. The number of hydrogen-bond donors (Lipinski definition) is 0. The van der Waals surface area contributed by atoms with Crippen LogP contribution in [0, 0.1) is 5.82 Å². The SMILES string of the molecule is O=c1ncn(CCl)c2c(F)cccc12. The Morgan fingerprint density at radius 3 is 3.00 bits per heavy atom. The molecule has 0 saturated heterocycles. The second kappa shape index (κ2) is 3.38. The van der Waals surface area contributed by atoms with Gasteiger partial charge in [-0.1, -0.05) is 6.07 Å². The molecule has 0 spiro atoms. The number of benzene rings is 1. The van der Waals surface area contributed by atoms with Gasteiger partial charge in [-0.3, -0.25) is 4.79 Å². The standard InChI is InChI=1S/C9H6ClFN2O/c10-4-13-5-12-9(14)6-2-1-3-7(11)8(6)13/h1-3,5H,4H2. The van der Waals surface area contributed by atoms with Gasteiger partial charge in [0.2, 0.25) is 0 Å². The van der Waals surface area contributed by atoms with Gasteiger partial charge in [-0.2, -0.15) is 4.98 Å². The van der Waals surface area contributed by atoms with E-state index in [1.807, 2.05) is 0 Å². The molecule has 2 rings (SSSR count). The molecule has 0 saturated carbocycles. The fraction of sp³-hybridized carbons (Fsp3) is 0.111. The maximum atomic E-state index is 13.4. The Kier molecular flexibility index (Phi) is 2.21. The summed E-state index contributed by atoms with van der Waals surface area (Å²) < 4.78 is 14.8. The van der Waals surface area contributed by atoms with Crippen molar-refractivity contribution in [1.82, 2.24) is 9.55 Å². The second-order valence-electron chi connectivity index (χ2n) is 2.78. The van der Waals surface area contributed by atoms with Crippen LogP contribution in [0.3, 0.4) is 0 Å². The van der Waals surface area contributed by atoms with E-state index in [4.69, 9.17) is 11.6 Å². The van der Waals surface area contributed by atoms with Crippen LogP contribution in [0.4, 0.5) is 4.39 Å². The summed E-state index contributed by atoms with van der Waals surface area (Å²) in [5.41, 5.74) is -0.247. The van der Waals surface area contributed by atoms with Crippen molar-refractivity contribution in [3.63, 3.8) is 0 Å². The molecule has 3 nitrogen and oxygen atoms in total. The molecule has 1 aromatic heterocycles. The largest absolute Gasteiger partial charge is 0.315 e. The molecule has 0 aliphatic rings. The van der Waals surface area contributed by atoms with Crippen LogP contribution < -0.4 is 5.56 Å². The van der Waals surface area contributed by atoms with Gasteiger partial charge in [0, 0.05) is 0 Å². The van der Waals surface area contributed by atoms with Crippen LogP contribution in [0.2, 0.25) is 0 Å². The van der Waals surface area contributed by atoms with Gasteiger partial charge in [-0.05, 0) is 12.1 Å². The van der Waals surface area contributed by atoms with Crippen molar-refractivity contribution in [2.24, 2.45) is 0 Å². The van der Waals surface area contributed by atoms with Crippen LogP contribution >= 0.6 is 11.6 Å². The molecule has 0 aliphatic heterocycles. The van der Waals surface area contributed by atoms with Crippen LogP contribution in [0.25, 0.3) is 10.9 Å². The smallest absolute Gasteiger partial charge is 0.280 e. The van der Waals surface area contributed by atoms with Gasteiger partial charge in [0.05, 0.1) is 16.9 Å². The van der Waals surface area contributed by atoms with Crippen molar-refractivity contribution >= 4 is 22.5 Å². The first-order valence-electron chi connectivity index (χ1n) is 3.93. The van der Waals surface area contributed by atoms with E-state index in [0.29, 0.717) is 0 Å². The van der Waals surface area contributed by atoms with Gasteiger partial charge < -0.3 is 4.57 Å². The number of nitrogens with zero attached hydrogens (tertiary/aromatic N) is 2. The number of para-hydroxylation sites is 1. The average Bonchev–Trinajstić information content (AvgIpc) is 2.20. The zero-order valence-corrected chi connectivity index (χ0v) is 7.83. The predicted molar refractivity (Wildman–Crippen MR) is 51.8 cm³/mol. The van der Waals surface area contributed by atoms with Crippen LogP contribution in [-0.2, 0) is 6.00 Å². The fourth-order valence-electron chi connectivity index (χ4n) is 1.32. The number of halogens is 2. The third-order valence-electron chi connectivity index (χ3n) is 1.95. The van der Waals surface area contributed by atoms with Gasteiger partial charge in [0.15, 0.2) is 0 Å². The van der Waals surface area contributed by atoms with Gasteiger partial charge in [-0.15, -0.1) is 11.6 Å². The summed E-state index contributed by atoms with van der Waals surface area (Å²) in [5, 5.41) is 0.244. The molecular formula is C9H6ClFN2O. The number of fused-ring (bicyclic) bond motifs is 1. The number of alkyl halides is 1. The molecule has 0 fully saturated rings. The Bertz CT molecular complexity index is 538. The quantitative estimate of drug-likeness (QED) is 0.675. The first-order valence-corrected chi connectivity index (χ1v) is 4.47. The molecule has 0 amide bonds. The van der Waals surface area contributed by atoms with Crippen LogP contribution in [0.5, 0.6) is 0 Å². The topological polar surface area (TPSA) is 34.9 Å². The molecule has 0 radical (unpaired) electrons. The van der Waals surface area contributed by atoms with Crippen LogP contribution in [0.15, 0.2) is 29.3 Å². The number of hydrogen-bond acceptors (Lipinski definition) is 2. The zero-order valence-electron chi connectivity index (χ0n) is 7.08. The lowest BCUT2D eigenvalue weighted by Gasteiger charge is -2.05. The van der Waals surface area contributed by atoms with E-state index in [-0.39, 0.29) is 16.9 Å². The van der Waals surface area contributed by atoms with Crippen molar-refractivity contribution < 1.29 is 4.39 Å². The molecule has 14 heavy (non-hydrogen) atoms. The summed E-state index contributed by atoms with van der Waals surface area (Å²) in [6.45, 7) is 0. The van der Waals surface area contributed by atoms with Gasteiger partial charge >= 0.3 is 0 Å². The normalized spacial score (nSPS) is 10.7. The number of rotatable bonds is 1. The Hall–Kier alpha value is -1.42. The summed E-state index contributed by atoms with van der Waals surface area (Å²) >= 11 is 5.58. The minimum Gasteiger partial charge on any atom is -0.315 e. The summed E-state index contributed by atoms with van der Waals surface area (Å²) in [7, 11) is 0. The van der Waals surface area contributed by atoms with Gasteiger partial charge in [0.1, 0.15) is 12.1 Å². The Balaban J connectivity index is 3.00. The van der Waals surface area contributed by atoms with E-state index in [0.717, 1.165) is 0 Å². The maximum Gasteiger partial charge on any atom is 0.280 e. The molecule has 0 N–H and O–H groups in total. The first-order chi connectivity index (χ1) is 6.74. The molecule has 2 aromatic rings. The Morgan fingerprint density at radius 1 is 1.50 bits per heavy atom. The van der Waals surface area contributed by atoms with Crippen molar-refractivity contribution in [3.8, 4) is 0 Å².